The standard InChI is InChI=1S/C11H17N3O6S/c1-4-14(6-8(15)20-5-2)21(18,19)10-7(3)12-13-9(10)11(16)17/h4-6H2,1-3H3,(H,12,13)(H,16,17). The van der Waals surface area contributed by atoms with Crippen LogP contribution in [0.1, 0.15) is 30.0 Å². The first kappa shape index (κ1) is 17.1. The van der Waals surface area contributed by atoms with Crippen LogP contribution >= 0.6 is 0 Å². The molecule has 118 valence electrons. The number of carboxylic acid groups (broad SMARTS) is 1. The number of nitrogens with one attached hydrogen (secondary N) is 1. The lowest BCUT2D eigenvalue weighted by molar-refractivity contribution is -0.143. The fourth-order valence-electron chi connectivity index (χ4n) is 1.73. The van der Waals surface area contributed by atoms with Gasteiger partial charge in [-0.3, -0.25) is 9.89 Å². The Balaban J connectivity index is 3.22. The van der Waals surface area contributed by atoms with E-state index in [4.69, 9.17) is 9.84 Å². The maximum atomic E-state index is 12.5. The van der Waals surface area contributed by atoms with Gasteiger partial charge in [-0.25, -0.2) is 13.2 Å². The molecule has 0 atom stereocenters. The van der Waals surface area contributed by atoms with Gasteiger partial charge in [0.05, 0.1) is 12.3 Å². The van der Waals surface area contributed by atoms with Crippen molar-refractivity contribution in [1.82, 2.24) is 14.5 Å². The number of sulfonamides is 1. The predicted molar refractivity (Wildman–Crippen MR) is 71.3 cm³/mol. The minimum Gasteiger partial charge on any atom is -0.476 e. The van der Waals surface area contributed by atoms with Crippen LogP contribution in [0, 0.1) is 6.92 Å². The van der Waals surface area contributed by atoms with Crippen molar-refractivity contribution < 1.29 is 27.9 Å². The number of carboxylic acids is 1. The van der Waals surface area contributed by atoms with Gasteiger partial charge in [0.1, 0.15) is 11.4 Å². The highest BCUT2D eigenvalue weighted by Crippen LogP contribution is 2.22. The number of hydrogen-bond donors (Lipinski definition) is 2. The Hall–Kier alpha value is -1.94. The Morgan fingerprint density at radius 1 is 1.38 bits per heavy atom. The zero-order chi connectivity index (χ0) is 16.2. The molecule has 1 rings (SSSR count). The Bertz CT molecular complexity index is 636. The number of aryl methyl sites for hydroxylation is 1. The minimum atomic E-state index is -4.17. The maximum absolute atomic E-state index is 12.5. The second-order valence-electron chi connectivity index (χ2n) is 4.07. The highest BCUT2D eigenvalue weighted by Gasteiger charge is 2.33. The summed E-state index contributed by atoms with van der Waals surface area (Å²) in [5.41, 5.74) is -0.510. The van der Waals surface area contributed by atoms with Crippen LogP contribution < -0.4 is 0 Å². The molecule has 2 N–H and O–H groups in total. The van der Waals surface area contributed by atoms with Gasteiger partial charge in [0.2, 0.25) is 10.0 Å². The van der Waals surface area contributed by atoms with Crippen molar-refractivity contribution >= 4 is 22.0 Å². The molecule has 0 aliphatic carbocycles. The van der Waals surface area contributed by atoms with Crippen molar-refractivity contribution in [3.8, 4) is 0 Å². The van der Waals surface area contributed by atoms with Gasteiger partial charge in [-0.2, -0.15) is 9.40 Å². The number of aromatic amines is 1. The topological polar surface area (TPSA) is 130 Å². The number of ether oxygens (including phenoxy) is 1. The van der Waals surface area contributed by atoms with E-state index in [0.717, 1.165) is 4.31 Å². The molecular weight excluding hydrogens is 302 g/mol. The molecule has 0 bridgehead atoms. The fourth-order valence-corrected chi connectivity index (χ4v) is 3.41. The number of carbonyl (C=O) groups excluding carboxylic acids is 1. The lowest BCUT2D eigenvalue weighted by atomic mass is 10.4. The number of aromatic nitrogens is 2. The summed E-state index contributed by atoms with van der Waals surface area (Å²) in [6, 6.07) is 0. The molecule has 0 spiro atoms. The summed E-state index contributed by atoms with van der Waals surface area (Å²) < 4.78 is 30.6. The van der Waals surface area contributed by atoms with Gasteiger partial charge in [-0.05, 0) is 13.8 Å². The molecule has 1 aromatic heterocycles. The Morgan fingerprint density at radius 3 is 2.48 bits per heavy atom. The fraction of sp³-hybridized carbons (Fsp3) is 0.545. The Morgan fingerprint density at radius 2 is 2.00 bits per heavy atom. The molecular formula is C11H17N3O6S. The van der Waals surface area contributed by atoms with E-state index in [0.29, 0.717) is 0 Å². The molecule has 0 fully saturated rings. The van der Waals surface area contributed by atoms with Crippen molar-refractivity contribution in [3.05, 3.63) is 11.4 Å². The van der Waals surface area contributed by atoms with E-state index in [-0.39, 0.29) is 18.8 Å². The van der Waals surface area contributed by atoms with Crippen molar-refractivity contribution in [3.63, 3.8) is 0 Å². The van der Waals surface area contributed by atoms with Crippen LogP contribution in [0.5, 0.6) is 0 Å². The van der Waals surface area contributed by atoms with Crippen molar-refractivity contribution in [2.24, 2.45) is 0 Å². The first-order chi connectivity index (χ1) is 9.75. The van der Waals surface area contributed by atoms with Crippen LogP contribution in [-0.4, -0.2) is 59.7 Å². The molecule has 0 radical (unpaired) electrons. The first-order valence-electron chi connectivity index (χ1n) is 6.19. The van der Waals surface area contributed by atoms with Crippen LogP contribution in [0.25, 0.3) is 0 Å². The van der Waals surface area contributed by atoms with Crippen molar-refractivity contribution in [2.75, 3.05) is 19.7 Å². The zero-order valence-corrected chi connectivity index (χ0v) is 12.7. The molecule has 0 unspecified atom stereocenters. The van der Waals surface area contributed by atoms with E-state index >= 15 is 0 Å². The third-order valence-corrected chi connectivity index (χ3v) is 4.74. The average Bonchev–Trinajstić information content (AvgIpc) is 2.78. The molecule has 1 aromatic rings. The van der Waals surface area contributed by atoms with Gasteiger partial charge in [-0.1, -0.05) is 6.92 Å². The smallest absolute Gasteiger partial charge is 0.357 e. The molecule has 1 heterocycles. The number of H-pyrrole nitrogens is 1. The molecule has 0 aliphatic heterocycles. The number of rotatable bonds is 7. The Labute approximate surface area is 121 Å². The second kappa shape index (κ2) is 6.68. The Kier molecular flexibility index (Phi) is 5.44. The van der Waals surface area contributed by atoms with Crippen LogP contribution in [0.4, 0.5) is 0 Å². The van der Waals surface area contributed by atoms with E-state index in [1.54, 1.807) is 6.92 Å². The first-order valence-corrected chi connectivity index (χ1v) is 7.63. The van der Waals surface area contributed by atoms with Crippen molar-refractivity contribution in [1.29, 1.82) is 0 Å². The van der Waals surface area contributed by atoms with E-state index in [2.05, 4.69) is 10.2 Å². The third kappa shape index (κ3) is 3.58. The molecule has 0 amide bonds. The van der Waals surface area contributed by atoms with Gasteiger partial charge in [0.15, 0.2) is 5.69 Å². The molecule has 0 saturated carbocycles. The summed E-state index contributed by atoms with van der Waals surface area (Å²) >= 11 is 0. The molecule has 0 aromatic carbocycles. The van der Waals surface area contributed by atoms with Gasteiger partial charge in [0, 0.05) is 6.54 Å². The monoisotopic (exact) mass is 319 g/mol. The van der Waals surface area contributed by atoms with Gasteiger partial charge >= 0.3 is 11.9 Å². The van der Waals surface area contributed by atoms with E-state index in [9.17, 15) is 18.0 Å². The summed E-state index contributed by atoms with van der Waals surface area (Å²) in [5.74, 6) is -2.17. The predicted octanol–water partition coefficient (Wildman–Crippen LogP) is -0.00998. The summed E-state index contributed by atoms with van der Waals surface area (Å²) in [4.78, 5) is 22.1. The number of aromatic carboxylic acids is 1. The number of likely N-dealkylation sites (N-methyl/N-ethyl adjacent to an activating group) is 1. The highest BCUT2D eigenvalue weighted by molar-refractivity contribution is 7.89. The van der Waals surface area contributed by atoms with Gasteiger partial charge in [0.25, 0.3) is 0 Å². The lowest BCUT2D eigenvalue weighted by Crippen LogP contribution is -2.37. The summed E-state index contributed by atoms with van der Waals surface area (Å²) in [5, 5.41) is 14.8. The van der Waals surface area contributed by atoms with E-state index in [1.165, 1.54) is 13.8 Å². The molecule has 0 saturated heterocycles. The number of carbonyl (C=O) groups is 2. The van der Waals surface area contributed by atoms with Crippen LogP contribution in [0.2, 0.25) is 0 Å². The third-order valence-electron chi connectivity index (χ3n) is 2.66. The number of esters is 1. The highest BCUT2D eigenvalue weighted by atomic mass is 32.2. The average molecular weight is 319 g/mol. The van der Waals surface area contributed by atoms with E-state index < -0.39 is 39.1 Å². The van der Waals surface area contributed by atoms with Crippen LogP contribution in [-0.2, 0) is 19.6 Å². The second-order valence-corrected chi connectivity index (χ2v) is 5.94. The molecule has 9 nitrogen and oxygen atoms in total. The van der Waals surface area contributed by atoms with Gasteiger partial charge in [-0.15, -0.1) is 0 Å². The maximum Gasteiger partial charge on any atom is 0.357 e. The zero-order valence-electron chi connectivity index (χ0n) is 11.9. The molecule has 21 heavy (non-hydrogen) atoms. The summed E-state index contributed by atoms with van der Waals surface area (Å²) in [7, 11) is -4.17. The molecule has 10 heteroatoms. The number of hydrogen-bond acceptors (Lipinski definition) is 6. The van der Waals surface area contributed by atoms with Crippen LogP contribution in [0.3, 0.4) is 0 Å². The summed E-state index contributed by atoms with van der Waals surface area (Å²) in [6.07, 6.45) is 0. The van der Waals surface area contributed by atoms with E-state index in [1.807, 2.05) is 0 Å². The lowest BCUT2D eigenvalue weighted by Gasteiger charge is -2.19. The van der Waals surface area contributed by atoms with Crippen molar-refractivity contribution in [2.45, 2.75) is 25.7 Å². The number of nitrogens with zero attached hydrogens (tertiary/aromatic N) is 2. The largest absolute Gasteiger partial charge is 0.476 e. The van der Waals surface area contributed by atoms with Crippen LogP contribution in [0.15, 0.2) is 4.90 Å². The molecule has 0 aliphatic rings. The normalized spacial score (nSPS) is 11.6. The SMILES string of the molecule is CCOC(=O)CN(CC)S(=O)(=O)c1c(C(=O)O)n[nH]c1C. The minimum absolute atomic E-state index is 0.00910. The van der Waals surface area contributed by atoms with Gasteiger partial charge < -0.3 is 9.84 Å². The quantitative estimate of drug-likeness (QED) is 0.676. The summed E-state index contributed by atoms with van der Waals surface area (Å²) in [6.45, 7) is 4.16.